The van der Waals surface area contributed by atoms with Gasteiger partial charge in [0.25, 0.3) is 0 Å². The molecule has 0 bridgehead atoms. The Morgan fingerprint density at radius 1 is 0.667 bits per heavy atom. The molecule has 0 saturated heterocycles. The van der Waals surface area contributed by atoms with Gasteiger partial charge in [-0.05, 0) is 35.4 Å². The molecule has 0 aliphatic carbocycles. The van der Waals surface area contributed by atoms with Gasteiger partial charge in [0.05, 0.1) is 28.6 Å². The van der Waals surface area contributed by atoms with Gasteiger partial charge in [0.15, 0.2) is 0 Å². The molecule has 0 saturated carbocycles. The van der Waals surface area contributed by atoms with Crippen molar-refractivity contribution in [3.8, 4) is 0 Å². The molecule has 0 fully saturated rings. The number of fused-ring (bicyclic) bond motifs is 5. The van der Waals surface area contributed by atoms with Crippen molar-refractivity contribution in [3.63, 3.8) is 0 Å². The van der Waals surface area contributed by atoms with Gasteiger partial charge < -0.3 is 5.32 Å². The Bertz CT molecular complexity index is 1580. The third kappa shape index (κ3) is 3.53. The molecule has 0 aliphatic rings. The molecule has 6 aromatic rings. The van der Waals surface area contributed by atoms with E-state index in [1.807, 2.05) is 30.3 Å². The minimum absolute atomic E-state index is 0.580. The van der Waals surface area contributed by atoms with Gasteiger partial charge >= 0.3 is 0 Å². The number of aliphatic imine (C=N–C) groups is 1. The van der Waals surface area contributed by atoms with Crippen LogP contribution in [0.4, 0.5) is 0 Å². The average molecular weight is 430 g/mol. The Kier molecular flexibility index (Phi) is 4.85. The zero-order chi connectivity index (χ0) is 22.0. The van der Waals surface area contributed by atoms with E-state index in [4.69, 9.17) is 9.98 Å². The Morgan fingerprint density at radius 3 is 2.03 bits per heavy atom. The molecule has 5 nitrogen and oxygen atoms in total. The fraction of sp³-hybridized carbons (Fsp3) is 0.0714. The molecule has 33 heavy (non-hydrogen) atoms. The number of aromatic nitrogens is 3. The first-order chi connectivity index (χ1) is 16.4. The Balaban J connectivity index is 1.53. The van der Waals surface area contributed by atoms with Gasteiger partial charge in [0.2, 0.25) is 11.7 Å². The minimum Gasteiger partial charge on any atom is -0.351 e. The fourth-order valence-corrected chi connectivity index (χ4v) is 4.29. The summed E-state index contributed by atoms with van der Waals surface area (Å²) in [4.78, 5) is 10.0. The molecule has 0 amide bonds. The topological polar surface area (TPSA) is 46.6 Å². The summed E-state index contributed by atoms with van der Waals surface area (Å²) >= 11 is 0. The predicted molar refractivity (Wildman–Crippen MR) is 134 cm³/mol. The highest BCUT2D eigenvalue weighted by atomic mass is 15.3. The highest BCUT2D eigenvalue weighted by Crippen LogP contribution is 2.26. The second-order valence-electron chi connectivity index (χ2n) is 8.02. The lowest BCUT2D eigenvalue weighted by Crippen LogP contribution is -2.30. The third-order valence-electron chi connectivity index (χ3n) is 5.87. The van der Waals surface area contributed by atoms with E-state index in [1.165, 1.54) is 5.56 Å². The number of benzene rings is 4. The summed E-state index contributed by atoms with van der Waals surface area (Å²) in [7, 11) is 0. The number of hydrogen-bond donors (Lipinski definition) is 1. The van der Waals surface area contributed by atoms with Gasteiger partial charge in [0.1, 0.15) is 0 Å². The van der Waals surface area contributed by atoms with Crippen LogP contribution in [0.2, 0.25) is 0 Å². The van der Waals surface area contributed by atoms with Crippen molar-refractivity contribution in [1.29, 1.82) is 0 Å². The molecular formula is C28H23N5. The monoisotopic (exact) mass is 429 g/mol. The van der Waals surface area contributed by atoms with Crippen LogP contribution in [0.25, 0.3) is 27.8 Å². The van der Waals surface area contributed by atoms with E-state index in [9.17, 15) is 0 Å². The summed E-state index contributed by atoms with van der Waals surface area (Å²) in [6, 6.07) is 37.4. The molecular weight excluding hydrogens is 406 g/mol. The normalized spacial score (nSPS) is 12.1. The fourth-order valence-electron chi connectivity index (χ4n) is 4.29. The summed E-state index contributed by atoms with van der Waals surface area (Å²) in [5, 5.41) is 3.60. The lowest BCUT2D eigenvalue weighted by Gasteiger charge is -2.13. The maximum absolute atomic E-state index is 5.04. The molecule has 0 spiro atoms. The third-order valence-corrected chi connectivity index (χ3v) is 5.87. The van der Waals surface area contributed by atoms with Gasteiger partial charge in [-0.3, -0.25) is 4.40 Å². The van der Waals surface area contributed by atoms with E-state index in [0.717, 1.165) is 39.4 Å². The number of nitrogens with one attached hydrogen (secondary N) is 1. The number of rotatable bonds is 4. The number of nitrogens with zero attached hydrogens (tertiary/aromatic N) is 4. The smallest absolute Gasteiger partial charge is 0.223 e. The maximum Gasteiger partial charge on any atom is 0.223 e. The van der Waals surface area contributed by atoms with Gasteiger partial charge in [-0.1, -0.05) is 84.9 Å². The SMILES string of the molecule is c1ccc(CN=C(NCc2ccccc2)n2c3ccccc3n3c4ccccc4nc23)cc1. The summed E-state index contributed by atoms with van der Waals surface area (Å²) in [5.41, 5.74) is 6.60. The van der Waals surface area contributed by atoms with Crippen LogP contribution >= 0.6 is 0 Å². The van der Waals surface area contributed by atoms with Gasteiger partial charge in [-0.15, -0.1) is 0 Å². The number of imidazole rings is 2. The van der Waals surface area contributed by atoms with E-state index < -0.39 is 0 Å². The van der Waals surface area contributed by atoms with E-state index in [0.29, 0.717) is 13.1 Å². The quantitative estimate of drug-likeness (QED) is 0.291. The first-order valence-corrected chi connectivity index (χ1v) is 11.1. The molecule has 2 aromatic heterocycles. The van der Waals surface area contributed by atoms with Crippen LogP contribution < -0.4 is 5.32 Å². The zero-order valence-corrected chi connectivity index (χ0v) is 18.1. The highest BCUT2D eigenvalue weighted by molar-refractivity contribution is 6.00. The van der Waals surface area contributed by atoms with Gasteiger partial charge in [-0.25, -0.2) is 14.5 Å². The first kappa shape index (κ1) is 19.3. The van der Waals surface area contributed by atoms with Crippen molar-refractivity contribution in [1.82, 2.24) is 19.3 Å². The van der Waals surface area contributed by atoms with Gasteiger partial charge in [-0.2, -0.15) is 0 Å². The van der Waals surface area contributed by atoms with Crippen LogP contribution in [0.1, 0.15) is 11.1 Å². The van der Waals surface area contributed by atoms with Crippen LogP contribution in [0, 0.1) is 0 Å². The van der Waals surface area contributed by atoms with Crippen molar-refractivity contribution in [2.75, 3.05) is 0 Å². The molecule has 2 heterocycles. The zero-order valence-electron chi connectivity index (χ0n) is 18.1. The van der Waals surface area contributed by atoms with E-state index in [2.05, 4.69) is 93.1 Å². The standard InChI is InChI=1S/C28H23N5/c1-3-11-21(12-4-1)19-29-27(30-20-22-13-5-2-6-14-22)33-26-18-10-9-17-25(26)32-24-16-8-7-15-23(24)31-28(32)33/h1-18H,19-20H2,(H,29,30). The van der Waals surface area contributed by atoms with E-state index >= 15 is 0 Å². The molecule has 0 aliphatic heterocycles. The Hall–Kier alpha value is -4.38. The minimum atomic E-state index is 0.580. The molecule has 4 aromatic carbocycles. The van der Waals surface area contributed by atoms with Crippen molar-refractivity contribution in [3.05, 3.63) is 120 Å². The van der Waals surface area contributed by atoms with Crippen molar-refractivity contribution in [2.45, 2.75) is 13.1 Å². The maximum atomic E-state index is 5.04. The van der Waals surface area contributed by atoms with Gasteiger partial charge in [0, 0.05) is 6.54 Å². The molecule has 5 heteroatoms. The average Bonchev–Trinajstić information content (AvgIpc) is 3.40. The summed E-state index contributed by atoms with van der Waals surface area (Å²) < 4.78 is 4.36. The van der Waals surface area contributed by atoms with Crippen LogP contribution in [-0.4, -0.2) is 19.9 Å². The van der Waals surface area contributed by atoms with Crippen LogP contribution in [0.3, 0.4) is 0 Å². The molecule has 160 valence electrons. The lowest BCUT2D eigenvalue weighted by molar-refractivity contribution is 0.856. The highest BCUT2D eigenvalue weighted by Gasteiger charge is 2.18. The summed E-state index contributed by atoms with van der Waals surface area (Å²) in [6.45, 7) is 1.25. The van der Waals surface area contributed by atoms with Crippen molar-refractivity contribution in [2.24, 2.45) is 4.99 Å². The molecule has 0 unspecified atom stereocenters. The Labute approximate surface area is 191 Å². The summed E-state index contributed by atoms with van der Waals surface area (Å²) in [5.74, 6) is 1.63. The number of hydrogen-bond acceptors (Lipinski definition) is 2. The lowest BCUT2D eigenvalue weighted by atomic mass is 10.2. The van der Waals surface area contributed by atoms with E-state index in [1.54, 1.807) is 0 Å². The second-order valence-corrected chi connectivity index (χ2v) is 8.02. The predicted octanol–water partition coefficient (Wildman–Crippen LogP) is 5.64. The van der Waals surface area contributed by atoms with Crippen LogP contribution in [0.15, 0.2) is 114 Å². The van der Waals surface area contributed by atoms with Crippen molar-refractivity contribution < 1.29 is 0 Å². The van der Waals surface area contributed by atoms with Crippen LogP contribution in [0.5, 0.6) is 0 Å². The second kappa shape index (κ2) is 8.28. The Morgan fingerprint density at radius 2 is 1.27 bits per heavy atom. The van der Waals surface area contributed by atoms with Crippen LogP contribution in [-0.2, 0) is 13.1 Å². The molecule has 0 radical (unpaired) electrons. The first-order valence-electron chi connectivity index (χ1n) is 11.1. The summed E-state index contributed by atoms with van der Waals surface area (Å²) in [6.07, 6.45) is 0. The molecule has 0 atom stereocenters. The van der Waals surface area contributed by atoms with E-state index in [-0.39, 0.29) is 0 Å². The number of para-hydroxylation sites is 4. The molecule has 6 rings (SSSR count). The van der Waals surface area contributed by atoms with Crippen molar-refractivity contribution >= 4 is 33.8 Å². The largest absolute Gasteiger partial charge is 0.351 e. The molecule has 1 N–H and O–H groups in total.